The fourth-order valence-electron chi connectivity index (χ4n) is 1.62. The first kappa shape index (κ1) is 9.77. The summed E-state index contributed by atoms with van der Waals surface area (Å²) >= 11 is 0. The molecule has 1 aromatic carbocycles. The van der Waals surface area contributed by atoms with Gasteiger partial charge in [0.1, 0.15) is 0 Å². The van der Waals surface area contributed by atoms with E-state index in [1.54, 1.807) is 0 Å². The van der Waals surface area contributed by atoms with Gasteiger partial charge in [-0.05, 0) is 25.5 Å². The number of anilines is 1. The van der Waals surface area contributed by atoms with Crippen LogP contribution in [0.4, 0.5) is 5.95 Å². The fourth-order valence-corrected chi connectivity index (χ4v) is 1.62. The van der Waals surface area contributed by atoms with E-state index in [-0.39, 0.29) is 0 Å². The summed E-state index contributed by atoms with van der Waals surface area (Å²) in [6.07, 6.45) is 1.96. The van der Waals surface area contributed by atoms with E-state index in [0.717, 1.165) is 11.3 Å². The van der Waals surface area contributed by atoms with E-state index in [1.165, 1.54) is 11.1 Å². The van der Waals surface area contributed by atoms with Gasteiger partial charge in [0.05, 0.1) is 5.69 Å². The Morgan fingerprint density at radius 3 is 2.60 bits per heavy atom. The largest absolute Gasteiger partial charge is 0.369 e. The molecule has 0 aliphatic rings. The zero-order chi connectivity index (χ0) is 11.0. The lowest BCUT2D eigenvalue weighted by Crippen LogP contribution is -1.94. The average Bonchev–Trinajstić information content (AvgIpc) is 2.51. The second-order valence-electron chi connectivity index (χ2n) is 3.91. The molecule has 0 aliphatic carbocycles. The molecule has 2 aromatic rings. The number of benzene rings is 1. The maximum Gasteiger partial charge on any atom is 0.200 e. The van der Waals surface area contributed by atoms with Gasteiger partial charge in [-0.1, -0.05) is 17.7 Å². The van der Waals surface area contributed by atoms with Crippen molar-refractivity contribution in [2.45, 2.75) is 13.8 Å². The van der Waals surface area contributed by atoms with E-state index in [1.807, 2.05) is 17.8 Å². The highest BCUT2D eigenvalue weighted by atomic mass is 15.1. The van der Waals surface area contributed by atoms with Crippen LogP contribution < -0.4 is 5.73 Å². The summed E-state index contributed by atoms with van der Waals surface area (Å²) in [5, 5.41) is 0. The van der Waals surface area contributed by atoms with Crippen molar-refractivity contribution in [3.05, 3.63) is 35.5 Å². The molecule has 3 heteroatoms. The number of nitrogens with zero attached hydrogens (tertiary/aromatic N) is 2. The quantitative estimate of drug-likeness (QED) is 0.769. The molecule has 0 aliphatic heterocycles. The van der Waals surface area contributed by atoms with Gasteiger partial charge in [0.15, 0.2) is 5.95 Å². The Morgan fingerprint density at radius 2 is 2.00 bits per heavy atom. The van der Waals surface area contributed by atoms with Gasteiger partial charge in [-0.15, -0.1) is 0 Å². The smallest absolute Gasteiger partial charge is 0.200 e. The molecule has 0 bridgehead atoms. The maximum absolute atomic E-state index is 5.72. The van der Waals surface area contributed by atoms with Crippen molar-refractivity contribution in [2.75, 3.05) is 5.73 Å². The van der Waals surface area contributed by atoms with Crippen LogP contribution in [0.1, 0.15) is 11.1 Å². The molecule has 0 fully saturated rings. The maximum atomic E-state index is 5.72. The Kier molecular flexibility index (Phi) is 2.23. The molecule has 0 saturated carbocycles. The molecule has 2 N–H and O–H groups in total. The first-order chi connectivity index (χ1) is 7.08. The highest BCUT2D eigenvalue weighted by Gasteiger charge is 2.07. The molecule has 15 heavy (non-hydrogen) atoms. The molecule has 3 nitrogen and oxygen atoms in total. The topological polar surface area (TPSA) is 43.8 Å². The zero-order valence-electron chi connectivity index (χ0n) is 9.28. The van der Waals surface area contributed by atoms with Crippen LogP contribution in [0, 0.1) is 13.8 Å². The number of aryl methyl sites for hydroxylation is 3. The van der Waals surface area contributed by atoms with Crippen LogP contribution in [-0.2, 0) is 7.05 Å². The lowest BCUT2D eigenvalue weighted by atomic mass is 10.0. The van der Waals surface area contributed by atoms with Crippen molar-refractivity contribution in [1.29, 1.82) is 0 Å². The van der Waals surface area contributed by atoms with Crippen molar-refractivity contribution in [2.24, 2.45) is 7.05 Å². The number of hydrogen-bond donors (Lipinski definition) is 1. The molecular formula is C12H15N3. The Balaban J connectivity index is 2.58. The number of rotatable bonds is 1. The number of nitrogen functional groups attached to an aromatic ring is 1. The van der Waals surface area contributed by atoms with Gasteiger partial charge >= 0.3 is 0 Å². The number of imidazole rings is 1. The minimum Gasteiger partial charge on any atom is -0.369 e. The van der Waals surface area contributed by atoms with Gasteiger partial charge in [0, 0.05) is 18.8 Å². The van der Waals surface area contributed by atoms with Crippen molar-refractivity contribution >= 4 is 5.95 Å². The summed E-state index contributed by atoms with van der Waals surface area (Å²) in [5.74, 6) is 0.547. The Morgan fingerprint density at radius 1 is 1.27 bits per heavy atom. The predicted octanol–water partition coefficient (Wildman–Crippen LogP) is 2.29. The lowest BCUT2D eigenvalue weighted by Gasteiger charge is -2.03. The van der Waals surface area contributed by atoms with E-state index in [2.05, 4.69) is 37.0 Å². The number of hydrogen-bond acceptors (Lipinski definition) is 2. The standard InChI is InChI=1S/C12H15N3/c1-8-4-5-9(2)10(6-8)11-7-15(3)12(13)14-11/h4-7H,1-3H3,(H2,13,14). The van der Waals surface area contributed by atoms with Crippen LogP contribution in [0.5, 0.6) is 0 Å². The molecular weight excluding hydrogens is 186 g/mol. The van der Waals surface area contributed by atoms with Crippen LogP contribution in [0.15, 0.2) is 24.4 Å². The Labute approximate surface area is 89.6 Å². The van der Waals surface area contributed by atoms with E-state index >= 15 is 0 Å². The highest BCUT2D eigenvalue weighted by molar-refractivity contribution is 5.65. The summed E-state index contributed by atoms with van der Waals surface area (Å²) in [4.78, 5) is 4.32. The predicted molar refractivity (Wildman–Crippen MR) is 62.5 cm³/mol. The summed E-state index contributed by atoms with van der Waals surface area (Å²) < 4.78 is 1.83. The summed E-state index contributed by atoms with van der Waals surface area (Å²) in [5.41, 5.74) is 10.3. The summed E-state index contributed by atoms with van der Waals surface area (Å²) in [7, 11) is 1.90. The lowest BCUT2D eigenvalue weighted by molar-refractivity contribution is 0.930. The van der Waals surface area contributed by atoms with Gasteiger partial charge in [0.25, 0.3) is 0 Å². The van der Waals surface area contributed by atoms with Crippen LogP contribution in [0.25, 0.3) is 11.3 Å². The average molecular weight is 201 g/mol. The normalized spacial score (nSPS) is 10.6. The van der Waals surface area contributed by atoms with Crippen molar-refractivity contribution in [3.8, 4) is 11.3 Å². The van der Waals surface area contributed by atoms with Gasteiger partial charge in [0.2, 0.25) is 0 Å². The second-order valence-corrected chi connectivity index (χ2v) is 3.91. The molecule has 2 rings (SSSR count). The third-order valence-corrected chi connectivity index (χ3v) is 2.58. The van der Waals surface area contributed by atoms with Gasteiger partial charge in [-0.2, -0.15) is 0 Å². The summed E-state index contributed by atoms with van der Waals surface area (Å²) in [6.45, 7) is 4.16. The monoisotopic (exact) mass is 201 g/mol. The first-order valence-electron chi connectivity index (χ1n) is 4.94. The van der Waals surface area contributed by atoms with E-state index in [9.17, 15) is 0 Å². The van der Waals surface area contributed by atoms with Crippen LogP contribution in [0.2, 0.25) is 0 Å². The van der Waals surface area contributed by atoms with E-state index in [4.69, 9.17) is 5.73 Å². The molecule has 0 saturated heterocycles. The molecule has 0 unspecified atom stereocenters. The molecule has 1 heterocycles. The third kappa shape index (κ3) is 1.73. The Hall–Kier alpha value is -1.77. The summed E-state index contributed by atoms with van der Waals surface area (Å²) in [6, 6.07) is 6.35. The molecule has 0 spiro atoms. The van der Waals surface area contributed by atoms with E-state index < -0.39 is 0 Å². The van der Waals surface area contributed by atoms with Crippen LogP contribution >= 0.6 is 0 Å². The minimum absolute atomic E-state index is 0.547. The van der Waals surface area contributed by atoms with Gasteiger partial charge in [-0.3, -0.25) is 0 Å². The van der Waals surface area contributed by atoms with Crippen LogP contribution in [0.3, 0.4) is 0 Å². The third-order valence-electron chi connectivity index (χ3n) is 2.58. The number of aromatic nitrogens is 2. The van der Waals surface area contributed by atoms with Crippen molar-refractivity contribution in [3.63, 3.8) is 0 Å². The molecule has 78 valence electrons. The van der Waals surface area contributed by atoms with Crippen molar-refractivity contribution in [1.82, 2.24) is 9.55 Å². The molecule has 0 radical (unpaired) electrons. The Bertz CT molecular complexity index is 478. The second kappa shape index (κ2) is 3.42. The number of nitrogens with two attached hydrogens (primary N) is 1. The van der Waals surface area contributed by atoms with Crippen molar-refractivity contribution < 1.29 is 0 Å². The zero-order valence-corrected chi connectivity index (χ0v) is 9.28. The van der Waals surface area contributed by atoms with Gasteiger partial charge in [-0.25, -0.2) is 4.98 Å². The first-order valence-corrected chi connectivity index (χ1v) is 4.94. The fraction of sp³-hybridized carbons (Fsp3) is 0.250. The van der Waals surface area contributed by atoms with Gasteiger partial charge < -0.3 is 10.3 Å². The highest BCUT2D eigenvalue weighted by Crippen LogP contribution is 2.23. The molecule has 0 amide bonds. The molecule has 1 aromatic heterocycles. The SMILES string of the molecule is Cc1ccc(C)c(-c2cn(C)c(N)n2)c1. The molecule has 0 atom stereocenters. The minimum atomic E-state index is 0.547. The van der Waals surface area contributed by atoms with E-state index in [0.29, 0.717) is 5.95 Å². The van der Waals surface area contributed by atoms with Crippen LogP contribution in [-0.4, -0.2) is 9.55 Å².